The number of aryl methyl sites for hydroxylation is 1. The van der Waals surface area contributed by atoms with Crippen LogP contribution in [-0.2, 0) is 29.7 Å². The fraction of sp³-hybridized carbons (Fsp3) is 0.625. The lowest BCUT2D eigenvalue weighted by Gasteiger charge is -2.37. The first-order valence-electron chi connectivity index (χ1n) is 11.7. The topological polar surface area (TPSA) is 72.2 Å². The third kappa shape index (κ3) is 4.61. The van der Waals surface area contributed by atoms with Crippen molar-refractivity contribution in [2.75, 3.05) is 20.6 Å². The van der Waals surface area contributed by atoms with Crippen molar-refractivity contribution in [2.45, 2.75) is 75.9 Å². The number of hydrogen-bond donors (Lipinski definition) is 1. The van der Waals surface area contributed by atoms with Gasteiger partial charge in [-0.15, -0.1) is 0 Å². The second-order valence-electron chi connectivity index (χ2n) is 9.38. The van der Waals surface area contributed by atoms with Crippen LogP contribution in [0.1, 0.15) is 56.3 Å². The Morgan fingerprint density at radius 2 is 1.90 bits per heavy atom. The summed E-state index contributed by atoms with van der Waals surface area (Å²) in [6.45, 7) is 2.00. The van der Waals surface area contributed by atoms with Gasteiger partial charge in [-0.05, 0) is 45.3 Å². The average molecular weight is 426 g/mol. The SMILES string of the molecule is CN(C)CCn1nc2n(c1=O)CCC(NC(=O)C1(c3ccccc3)CCCCC1)CC2. The quantitative estimate of drug-likeness (QED) is 0.771. The number of nitrogens with one attached hydrogen (secondary N) is 1. The smallest absolute Gasteiger partial charge is 0.345 e. The summed E-state index contributed by atoms with van der Waals surface area (Å²) >= 11 is 0. The highest BCUT2D eigenvalue weighted by Crippen LogP contribution is 2.40. The van der Waals surface area contributed by atoms with Crippen LogP contribution >= 0.6 is 0 Å². The van der Waals surface area contributed by atoms with Gasteiger partial charge in [0.1, 0.15) is 5.82 Å². The lowest BCUT2D eigenvalue weighted by molar-refractivity contribution is -0.128. The molecule has 0 spiro atoms. The van der Waals surface area contributed by atoms with Crippen LogP contribution in [-0.4, -0.2) is 51.8 Å². The van der Waals surface area contributed by atoms with Gasteiger partial charge in [0.25, 0.3) is 0 Å². The number of nitrogens with zero attached hydrogens (tertiary/aromatic N) is 4. The molecule has 4 rings (SSSR count). The summed E-state index contributed by atoms with van der Waals surface area (Å²) in [5, 5.41) is 7.95. The first-order chi connectivity index (χ1) is 15.0. The lowest BCUT2D eigenvalue weighted by atomic mass is 9.68. The second kappa shape index (κ2) is 9.39. The van der Waals surface area contributed by atoms with Gasteiger partial charge < -0.3 is 10.2 Å². The summed E-state index contributed by atoms with van der Waals surface area (Å²) in [6.07, 6.45) is 7.51. The molecule has 1 atom stereocenters. The molecular formula is C24H35N5O2. The number of fused-ring (bicyclic) bond motifs is 1. The van der Waals surface area contributed by atoms with Crippen LogP contribution < -0.4 is 11.0 Å². The maximum atomic E-state index is 13.6. The maximum Gasteiger partial charge on any atom is 0.345 e. The number of carbonyl (C=O) groups excluding carboxylic acids is 1. The van der Waals surface area contributed by atoms with Crippen molar-refractivity contribution < 1.29 is 4.79 Å². The molecule has 168 valence electrons. The zero-order chi connectivity index (χ0) is 21.8. The zero-order valence-corrected chi connectivity index (χ0v) is 18.8. The minimum absolute atomic E-state index is 0.0307. The Morgan fingerprint density at radius 1 is 1.16 bits per heavy atom. The summed E-state index contributed by atoms with van der Waals surface area (Å²) in [6, 6.07) is 10.4. The summed E-state index contributed by atoms with van der Waals surface area (Å²) in [5.41, 5.74) is 0.688. The summed E-state index contributed by atoms with van der Waals surface area (Å²) in [4.78, 5) is 28.4. The van der Waals surface area contributed by atoms with Crippen molar-refractivity contribution in [3.63, 3.8) is 0 Å². The third-order valence-corrected chi connectivity index (χ3v) is 6.98. The van der Waals surface area contributed by atoms with E-state index in [2.05, 4.69) is 27.4 Å². The van der Waals surface area contributed by atoms with Crippen molar-refractivity contribution in [1.29, 1.82) is 0 Å². The molecule has 1 N–H and O–H groups in total. The van der Waals surface area contributed by atoms with E-state index < -0.39 is 5.41 Å². The highest BCUT2D eigenvalue weighted by Gasteiger charge is 2.41. The standard InChI is InChI=1S/C24H35N5O2/c1-27(2)17-18-29-23(31)28-16-13-20(11-12-21(28)26-29)25-22(30)24(14-7-4-8-15-24)19-9-5-3-6-10-19/h3,5-6,9-10,20H,4,7-8,11-18H2,1-2H3,(H,25,30). The van der Waals surface area contributed by atoms with Crippen LogP contribution in [0.15, 0.2) is 35.1 Å². The summed E-state index contributed by atoms with van der Waals surface area (Å²) in [5.74, 6) is 1.00. The van der Waals surface area contributed by atoms with E-state index in [-0.39, 0.29) is 17.6 Å². The van der Waals surface area contributed by atoms with Crippen LogP contribution in [0.25, 0.3) is 0 Å². The van der Waals surface area contributed by atoms with E-state index in [9.17, 15) is 9.59 Å². The molecular weight excluding hydrogens is 390 g/mol. The van der Waals surface area contributed by atoms with Crippen molar-refractivity contribution in [3.8, 4) is 0 Å². The van der Waals surface area contributed by atoms with E-state index in [1.54, 1.807) is 9.25 Å². The normalized spacial score (nSPS) is 20.8. The number of hydrogen-bond acceptors (Lipinski definition) is 4. The summed E-state index contributed by atoms with van der Waals surface area (Å²) < 4.78 is 3.38. The van der Waals surface area contributed by atoms with Crippen molar-refractivity contribution in [2.24, 2.45) is 0 Å². The minimum Gasteiger partial charge on any atom is -0.353 e. The molecule has 31 heavy (non-hydrogen) atoms. The van der Waals surface area contributed by atoms with Gasteiger partial charge in [0, 0.05) is 25.6 Å². The molecule has 1 saturated carbocycles. The van der Waals surface area contributed by atoms with Crippen LogP contribution in [0.4, 0.5) is 0 Å². The molecule has 1 fully saturated rings. The Hall–Kier alpha value is -2.41. The number of rotatable bonds is 6. The highest BCUT2D eigenvalue weighted by atomic mass is 16.2. The van der Waals surface area contributed by atoms with Gasteiger partial charge >= 0.3 is 5.69 Å². The molecule has 1 unspecified atom stereocenters. The number of amides is 1. The number of benzene rings is 1. The van der Waals surface area contributed by atoms with Gasteiger partial charge in [0.15, 0.2) is 0 Å². The third-order valence-electron chi connectivity index (χ3n) is 6.98. The Balaban J connectivity index is 1.45. The molecule has 1 aromatic carbocycles. The van der Waals surface area contributed by atoms with E-state index in [0.717, 1.165) is 56.5 Å². The van der Waals surface area contributed by atoms with E-state index in [1.165, 1.54) is 6.42 Å². The number of aromatic nitrogens is 3. The first-order valence-corrected chi connectivity index (χ1v) is 11.7. The Labute approximate surface area is 184 Å². The van der Waals surface area contributed by atoms with Gasteiger partial charge in [-0.25, -0.2) is 9.48 Å². The summed E-state index contributed by atoms with van der Waals surface area (Å²) in [7, 11) is 3.99. The van der Waals surface area contributed by atoms with E-state index in [4.69, 9.17) is 0 Å². The van der Waals surface area contributed by atoms with Gasteiger partial charge in [-0.1, -0.05) is 49.6 Å². The number of carbonyl (C=O) groups is 1. The molecule has 0 radical (unpaired) electrons. The Kier molecular flexibility index (Phi) is 6.60. The fourth-order valence-corrected chi connectivity index (χ4v) is 5.10. The average Bonchev–Trinajstić information content (AvgIpc) is 2.95. The minimum atomic E-state index is -0.418. The maximum absolute atomic E-state index is 13.6. The van der Waals surface area contributed by atoms with E-state index >= 15 is 0 Å². The Bertz CT molecular complexity index is 941. The second-order valence-corrected chi connectivity index (χ2v) is 9.38. The molecule has 1 aromatic heterocycles. The van der Waals surface area contributed by atoms with Gasteiger partial charge in [0.2, 0.25) is 5.91 Å². The van der Waals surface area contributed by atoms with Crippen molar-refractivity contribution in [3.05, 3.63) is 52.2 Å². The van der Waals surface area contributed by atoms with Crippen molar-refractivity contribution in [1.82, 2.24) is 24.6 Å². The number of likely N-dealkylation sites (N-methyl/N-ethyl adjacent to an activating group) is 1. The van der Waals surface area contributed by atoms with Gasteiger partial charge in [-0.2, -0.15) is 5.10 Å². The molecule has 0 saturated heterocycles. The molecule has 1 aliphatic carbocycles. The molecule has 7 heteroatoms. The zero-order valence-electron chi connectivity index (χ0n) is 18.8. The van der Waals surface area contributed by atoms with Gasteiger partial charge in [-0.3, -0.25) is 9.36 Å². The lowest BCUT2D eigenvalue weighted by Crippen LogP contribution is -2.49. The molecule has 2 aliphatic rings. The van der Waals surface area contributed by atoms with E-state index in [1.807, 2.05) is 32.3 Å². The molecule has 2 heterocycles. The predicted molar refractivity (Wildman–Crippen MR) is 121 cm³/mol. The Morgan fingerprint density at radius 3 is 2.61 bits per heavy atom. The van der Waals surface area contributed by atoms with Crippen LogP contribution in [0.3, 0.4) is 0 Å². The van der Waals surface area contributed by atoms with Crippen molar-refractivity contribution >= 4 is 5.91 Å². The molecule has 2 aromatic rings. The van der Waals surface area contributed by atoms with Crippen LogP contribution in [0.5, 0.6) is 0 Å². The molecule has 1 amide bonds. The van der Waals surface area contributed by atoms with Crippen LogP contribution in [0.2, 0.25) is 0 Å². The van der Waals surface area contributed by atoms with Crippen LogP contribution in [0, 0.1) is 0 Å². The predicted octanol–water partition coefficient (Wildman–Crippen LogP) is 2.33. The van der Waals surface area contributed by atoms with E-state index in [0.29, 0.717) is 19.5 Å². The monoisotopic (exact) mass is 425 g/mol. The molecule has 1 aliphatic heterocycles. The fourth-order valence-electron chi connectivity index (χ4n) is 5.10. The first kappa shape index (κ1) is 21.8. The largest absolute Gasteiger partial charge is 0.353 e. The van der Waals surface area contributed by atoms with Gasteiger partial charge in [0.05, 0.1) is 12.0 Å². The molecule has 7 nitrogen and oxygen atoms in total. The highest BCUT2D eigenvalue weighted by molar-refractivity contribution is 5.88. The molecule has 0 bridgehead atoms.